The Morgan fingerprint density at radius 3 is 1.40 bits per heavy atom. The third-order valence-electron chi connectivity index (χ3n) is 5.75. The van der Waals surface area contributed by atoms with Crippen molar-refractivity contribution in [2.75, 3.05) is 54.5 Å². The molecule has 35 heavy (non-hydrogen) atoms. The predicted molar refractivity (Wildman–Crippen MR) is 149 cm³/mol. The van der Waals surface area contributed by atoms with Crippen molar-refractivity contribution in [3.63, 3.8) is 0 Å². The summed E-state index contributed by atoms with van der Waals surface area (Å²) in [4.78, 5) is 4.23. The van der Waals surface area contributed by atoms with Gasteiger partial charge in [0.1, 0.15) is 24.7 Å². The topological polar surface area (TPSA) is 24.9 Å². The van der Waals surface area contributed by atoms with Crippen LogP contribution >= 0.6 is 11.6 Å². The average molecular weight is 493 g/mol. The molecule has 3 rings (SSSR count). The summed E-state index contributed by atoms with van der Waals surface area (Å²) in [7, 11) is 8.19. The summed E-state index contributed by atoms with van der Waals surface area (Å²) in [6, 6.07) is 24.9. The predicted octanol–water partition coefficient (Wildman–Crippen LogP) is 6.59. The summed E-state index contributed by atoms with van der Waals surface area (Å²) in [6.07, 6.45) is 0.888. The second kappa shape index (κ2) is 13.3. The van der Waals surface area contributed by atoms with Gasteiger partial charge < -0.3 is 19.3 Å². The molecule has 0 bridgehead atoms. The molecule has 0 saturated heterocycles. The third kappa shape index (κ3) is 8.14. The molecule has 0 spiro atoms. The van der Waals surface area contributed by atoms with Gasteiger partial charge in [0.25, 0.3) is 0 Å². The number of hydrogen-bond acceptors (Lipinski definition) is 4. The number of ether oxygens (including phenoxy) is 2. The van der Waals surface area contributed by atoms with E-state index in [1.807, 2.05) is 40.3 Å². The van der Waals surface area contributed by atoms with Gasteiger partial charge in [-0.1, -0.05) is 54.9 Å². The molecule has 0 amide bonds. The number of allylic oxidation sites excluding steroid dienone is 1. The maximum absolute atomic E-state index is 6.18. The fraction of sp³-hybridized carbons (Fsp3) is 0.333. The minimum absolute atomic E-state index is 0.662. The standard InChI is InChI=1S/C30H37ClN2O2/c1-6-29(23-7-13-26(31)14-8-23)30(24-9-15-27(16-10-24)34-21-19-32(2)3)25-11-17-28(18-12-25)35-22-20-33(4)5/h7-18H,6,19-22H2,1-5H3. The van der Waals surface area contributed by atoms with Crippen LogP contribution in [0, 0.1) is 0 Å². The van der Waals surface area contributed by atoms with Crippen molar-refractivity contribution in [1.29, 1.82) is 0 Å². The lowest BCUT2D eigenvalue weighted by Gasteiger charge is -2.18. The van der Waals surface area contributed by atoms with Crippen LogP contribution in [0.4, 0.5) is 0 Å². The van der Waals surface area contributed by atoms with Crippen LogP contribution in [0.25, 0.3) is 11.1 Å². The number of likely N-dealkylation sites (N-methyl/N-ethyl adjacent to an activating group) is 2. The van der Waals surface area contributed by atoms with E-state index in [1.54, 1.807) is 0 Å². The molecule has 0 fully saturated rings. The van der Waals surface area contributed by atoms with E-state index in [4.69, 9.17) is 21.1 Å². The third-order valence-corrected chi connectivity index (χ3v) is 6.00. The van der Waals surface area contributed by atoms with Crippen LogP contribution in [-0.2, 0) is 0 Å². The summed E-state index contributed by atoms with van der Waals surface area (Å²) >= 11 is 6.18. The van der Waals surface area contributed by atoms with Gasteiger partial charge in [0, 0.05) is 18.1 Å². The molecule has 0 heterocycles. The van der Waals surface area contributed by atoms with E-state index in [0.29, 0.717) is 13.2 Å². The van der Waals surface area contributed by atoms with E-state index in [0.717, 1.165) is 47.2 Å². The fourth-order valence-corrected chi connectivity index (χ4v) is 3.95. The molecule has 5 heteroatoms. The quantitative estimate of drug-likeness (QED) is 0.266. The molecule has 0 saturated carbocycles. The smallest absolute Gasteiger partial charge is 0.119 e. The molecule has 0 aliphatic heterocycles. The van der Waals surface area contributed by atoms with Crippen molar-refractivity contribution in [2.24, 2.45) is 0 Å². The fourth-order valence-electron chi connectivity index (χ4n) is 3.82. The van der Waals surface area contributed by atoms with E-state index in [2.05, 4.69) is 77.4 Å². The molecule has 0 unspecified atom stereocenters. The molecule has 0 radical (unpaired) electrons. The highest BCUT2D eigenvalue weighted by Gasteiger charge is 2.14. The monoisotopic (exact) mass is 492 g/mol. The van der Waals surface area contributed by atoms with Gasteiger partial charge in [0.15, 0.2) is 0 Å². The molecule has 0 aliphatic carbocycles. The molecule has 0 aliphatic rings. The highest BCUT2D eigenvalue weighted by atomic mass is 35.5. The summed E-state index contributed by atoms with van der Waals surface area (Å²) < 4.78 is 11.8. The Bertz CT molecular complexity index is 1010. The highest BCUT2D eigenvalue weighted by molar-refractivity contribution is 6.30. The van der Waals surface area contributed by atoms with Gasteiger partial charge in [-0.3, -0.25) is 0 Å². The van der Waals surface area contributed by atoms with Gasteiger partial charge in [-0.25, -0.2) is 0 Å². The Morgan fingerprint density at radius 1 is 0.629 bits per heavy atom. The van der Waals surface area contributed by atoms with Crippen molar-refractivity contribution >= 4 is 22.7 Å². The maximum atomic E-state index is 6.18. The Kier molecular flexibility index (Phi) is 10.2. The van der Waals surface area contributed by atoms with Gasteiger partial charge in [-0.15, -0.1) is 0 Å². The van der Waals surface area contributed by atoms with Gasteiger partial charge in [0.05, 0.1) is 0 Å². The van der Waals surface area contributed by atoms with E-state index >= 15 is 0 Å². The lowest BCUT2D eigenvalue weighted by molar-refractivity contribution is 0.261. The van der Waals surface area contributed by atoms with Crippen LogP contribution in [-0.4, -0.2) is 64.3 Å². The SMILES string of the molecule is CCC(=C(c1ccc(OCCN(C)C)cc1)c1ccc(OCCN(C)C)cc1)c1ccc(Cl)cc1. The Hall–Kier alpha value is -2.79. The van der Waals surface area contributed by atoms with Crippen molar-refractivity contribution in [1.82, 2.24) is 9.80 Å². The van der Waals surface area contributed by atoms with E-state index in [-0.39, 0.29) is 0 Å². The molecular formula is C30H37ClN2O2. The number of halogens is 1. The van der Waals surface area contributed by atoms with Gasteiger partial charge in [-0.2, -0.15) is 0 Å². The summed E-state index contributed by atoms with van der Waals surface area (Å²) in [5, 5.41) is 0.740. The second-order valence-electron chi connectivity index (χ2n) is 9.07. The van der Waals surface area contributed by atoms with Gasteiger partial charge in [-0.05, 0) is 98.8 Å². The minimum Gasteiger partial charge on any atom is -0.492 e. The summed E-state index contributed by atoms with van der Waals surface area (Å²) in [5.41, 5.74) is 5.94. The van der Waals surface area contributed by atoms with Crippen molar-refractivity contribution in [2.45, 2.75) is 13.3 Å². The van der Waals surface area contributed by atoms with Crippen LogP contribution in [0.2, 0.25) is 5.02 Å². The summed E-state index contributed by atoms with van der Waals surface area (Å²) in [6.45, 7) is 5.28. The zero-order valence-corrected chi connectivity index (χ0v) is 22.3. The van der Waals surface area contributed by atoms with E-state index < -0.39 is 0 Å². The van der Waals surface area contributed by atoms with Crippen LogP contribution in [0.15, 0.2) is 72.8 Å². The zero-order valence-electron chi connectivity index (χ0n) is 21.6. The molecule has 3 aromatic rings. The number of rotatable bonds is 12. The number of hydrogen-bond donors (Lipinski definition) is 0. The lowest BCUT2D eigenvalue weighted by Crippen LogP contribution is -2.19. The van der Waals surface area contributed by atoms with Gasteiger partial charge in [0.2, 0.25) is 0 Å². The van der Waals surface area contributed by atoms with Crippen molar-refractivity contribution < 1.29 is 9.47 Å². The van der Waals surface area contributed by atoms with Crippen LogP contribution < -0.4 is 9.47 Å². The van der Waals surface area contributed by atoms with Crippen LogP contribution in [0.5, 0.6) is 11.5 Å². The largest absolute Gasteiger partial charge is 0.492 e. The van der Waals surface area contributed by atoms with Crippen LogP contribution in [0.3, 0.4) is 0 Å². The Morgan fingerprint density at radius 2 is 1.03 bits per heavy atom. The minimum atomic E-state index is 0.662. The molecule has 3 aromatic carbocycles. The number of benzene rings is 3. The van der Waals surface area contributed by atoms with Crippen molar-refractivity contribution in [3.05, 3.63) is 94.5 Å². The van der Waals surface area contributed by atoms with Crippen LogP contribution in [0.1, 0.15) is 30.0 Å². The molecule has 0 N–H and O–H groups in total. The average Bonchev–Trinajstić information content (AvgIpc) is 2.84. The molecular weight excluding hydrogens is 456 g/mol. The molecule has 4 nitrogen and oxygen atoms in total. The van der Waals surface area contributed by atoms with Crippen molar-refractivity contribution in [3.8, 4) is 11.5 Å². The molecule has 0 aromatic heterocycles. The first-order valence-electron chi connectivity index (χ1n) is 12.1. The molecule has 0 atom stereocenters. The summed E-state index contributed by atoms with van der Waals surface area (Å²) in [5.74, 6) is 1.76. The lowest BCUT2D eigenvalue weighted by atomic mass is 9.88. The Balaban J connectivity index is 1.96. The zero-order chi connectivity index (χ0) is 25.2. The van der Waals surface area contributed by atoms with E-state index in [9.17, 15) is 0 Å². The number of nitrogens with zero attached hydrogens (tertiary/aromatic N) is 2. The Labute approximate surface area is 215 Å². The first kappa shape index (κ1) is 26.8. The highest BCUT2D eigenvalue weighted by Crippen LogP contribution is 2.36. The first-order chi connectivity index (χ1) is 16.9. The first-order valence-corrected chi connectivity index (χ1v) is 12.5. The second-order valence-corrected chi connectivity index (χ2v) is 9.50. The van der Waals surface area contributed by atoms with Gasteiger partial charge >= 0.3 is 0 Å². The maximum Gasteiger partial charge on any atom is 0.119 e. The van der Waals surface area contributed by atoms with E-state index in [1.165, 1.54) is 16.7 Å². The normalized spacial score (nSPS) is 11.1. The molecule has 186 valence electrons.